The highest BCUT2D eigenvalue weighted by Gasteiger charge is 2.19. The van der Waals surface area contributed by atoms with Crippen molar-refractivity contribution in [1.82, 2.24) is 19.9 Å². The van der Waals surface area contributed by atoms with Gasteiger partial charge in [0.1, 0.15) is 22.9 Å². The Morgan fingerprint density at radius 2 is 1.48 bits per heavy atom. The molecule has 2 aromatic carbocycles. The van der Waals surface area contributed by atoms with Gasteiger partial charge in [0, 0.05) is 23.5 Å². The molecule has 0 saturated heterocycles. The minimum Gasteiger partial charge on any atom is -0.507 e. The third-order valence-electron chi connectivity index (χ3n) is 3.84. The molecule has 0 aliphatic heterocycles. The average Bonchev–Trinajstić information content (AvgIpc) is 3.08. The lowest BCUT2D eigenvalue weighted by molar-refractivity contribution is 0.476. The van der Waals surface area contributed by atoms with Crippen molar-refractivity contribution in [3.63, 3.8) is 0 Å². The van der Waals surface area contributed by atoms with Crippen molar-refractivity contribution in [3.8, 4) is 45.5 Å². The summed E-state index contributed by atoms with van der Waals surface area (Å²) >= 11 is 0. The van der Waals surface area contributed by atoms with Crippen molar-refractivity contribution in [2.24, 2.45) is 0 Å². The summed E-state index contributed by atoms with van der Waals surface area (Å²) in [4.78, 5) is 16.1. The monoisotopic (exact) mass is 330 g/mol. The van der Waals surface area contributed by atoms with Crippen LogP contribution in [-0.2, 0) is 0 Å². The number of H-pyrrole nitrogens is 1. The maximum absolute atomic E-state index is 10.2. The molecular formula is C19H14N4O2. The Hall–Kier alpha value is -3.67. The highest BCUT2D eigenvalue weighted by molar-refractivity contribution is 5.85. The zero-order valence-electron chi connectivity index (χ0n) is 13.1. The third-order valence-corrected chi connectivity index (χ3v) is 3.84. The van der Waals surface area contributed by atoms with Crippen LogP contribution in [0.15, 0.2) is 67.1 Å². The number of rotatable bonds is 3. The van der Waals surface area contributed by atoms with Gasteiger partial charge in [-0.05, 0) is 24.3 Å². The molecule has 2 aromatic heterocycles. The Labute approximate surface area is 143 Å². The lowest BCUT2D eigenvalue weighted by atomic mass is 10.0. The van der Waals surface area contributed by atoms with Crippen molar-refractivity contribution < 1.29 is 10.2 Å². The van der Waals surface area contributed by atoms with E-state index in [2.05, 4.69) is 19.9 Å². The van der Waals surface area contributed by atoms with Gasteiger partial charge in [-0.2, -0.15) is 0 Å². The highest BCUT2D eigenvalue weighted by atomic mass is 16.3. The predicted octanol–water partition coefficient (Wildman–Crippen LogP) is 3.61. The number of nitrogens with one attached hydrogen (secondary N) is 1. The number of imidazole rings is 1. The quantitative estimate of drug-likeness (QED) is 0.533. The predicted molar refractivity (Wildman–Crippen MR) is 93.8 cm³/mol. The standard InChI is InChI=1S/C19H14N4O2/c24-15-7-3-1-5-12(15)17-18(13-6-2-4-8-16(13)25)23-19(22-17)14-11-20-9-10-21-14/h1-11,24-25H,(H,22,23). The van der Waals surface area contributed by atoms with Crippen LogP contribution in [0.2, 0.25) is 0 Å². The van der Waals surface area contributed by atoms with E-state index >= 15 is 0 Å². The summed E-state index contributed by atoms with van der Waals surface area (Å²) in [6.45, 7) is 0. The minimum absolute atomic E-state index is 0.108. The number of para-hydroxylation sites is 2. The molecule has 6 nitrogen and oxygen atoms in total. The number of aromatic hydroxyl groups is 2. The molecule has 0 aliphatic rings. The number of aromatic amines is 1. The van der Waals surface area contributed by atoms with Gasteiger partial charge in [0.15, 0.2) is 5.82 Å². The lowest BCUT2D eigenvalue weighted by Crippen LogP contribution is -1.86. The number of phenolic OH excluding ortho intramolecular Hbond substituents is 2. The normalized spacial score (nSPS) is 10.7. The van der Waals surface area contributed by atoms with Gasteiger partial charge in [0.05, 0.1) is 11.9 Å². The van der Waals surface area contributed by atoms with Gasteiger partial charge < -0.3 is 15.2 Å². The molecular weight excluding hydrogens is 316 g/mol. The molecule has 3 N–H and O–H groups in total. The van der Waals surface area contributed by atoms with E-state index in [9.17, 15) is 10.2 Å². The van der Waals surface area contributed by atoms with Crippen LogP contribution in [0, 0.1) is 0 Å². The topological polar surface area (TPSA) is 94.9 Å². The van der Waals surface area contributed by atoms with Gasteiger partial charge in [-0.3, -0.25) is 4.98 Å². The van der Waals surface area contributed by atoms with E-state index in [0.29, 0.717) is 34.0 Å². The van der Waals surface area contributed by atoms with E-state index in [1.807, 2.05) is 12.1 Å². The molecule has 4 rings (SSSR count). The molecule has 0 amide bonds. The first kappa shape index (κ1) is 14.9. The smallest absolute Gasteiger partial charge is 0.158 e. The van der Waals surface area contributed by atoms with E-state index in [1.54, 1.807) is 55.0 Å². The first-order valence-electron chi connectivity index (χ1n) is 7.67. The Balaban J connectivity index is 1.97. The summed E-state index contributed by atoms with van der Waals surface area (Å²) in [6, 6.07) is 13.9. The number of benzene rings is 2. The average molecular weight is 330 g/mol. The summed E-state index contributed by atoms with van der Waals surface area (Å²) in [7, 11) is 0. The molecule has 4 aromatic rings. The van der Waals surface area contributed by atoms with Crippen LogP contribution in [0.4, 0.5) is 0 Å². The van der Waals surface area contributed by atoms with Crippen LogP contribution in [-0.4, -0.2) is 30.1 Å². The summed E-state index contributed by atoms with van der Waals surface area (Å²) in [5.41, 5.74) is 2.84. The second kappa shape index (κ2) is 6.09. The van der Waals surface area contributed by atoms with Crippen molar-refractivity contribution >= 4 is 0 Å². The Bertz CT molecular complexity index is 966. The molecule has 25 heavy (non-hydrogen) atoms. The minimum atomic E-state index is 0.108. The zero-order valence-corrected chi connectivity index (χ0v) is 13.1. The van der Waals surface area contributed by atoms with Crippen molar-refractivity contribution in [3.05, 3.63) is 67.1 Å². The summed E-state index contributed by atoms with van der Waals surface area (Å²) in [6.07, 6.45) is 4.76. The van der Waals surface area contributed by atoms with Crippen LogP contribution >= 0.6 is 0 Å². The first-order chi connectivity index (χ1) is 12.2. The fourth-order valence-corrected chi connectivity index (χ4v) is 2.66. The van der Waals surface area contributed by atoms with Gasteiger partial charge >= 0.3 is 0 Å². The molecule has 122 valence electrons. The molecule has 0 radical (unpaired) electrons. The van der Waals surface area contributed by atoms with Crippen LogP contribution in [0.5, 0.6) is 11.5 Å². The number of hydrogen-bond acceptors (Lipinski definition) is 5. The van der Waals surface area contributed by atoms with Crippen molar-refractivity contribution in [1.29, 1.82) is 0 Å². The van der Waals surface area contributed by atoms with Crippen LogP contribution in [0.3, 0.4) is 0 Å². The lowest BCUT2D eigenvalue weighted by Gasteiger charge is -2.06. The van der Waals surface area contributed by atoms with E-state index in [1.165, 1.54) is 0 Å². The summed E-state index contributed by atoms with van der Waals surface area (Å²) in [5, 5.41) is 20.5. The molecule has 0 saturated carbocycles. The van der Waals surface area contributed by atoms with Crippen LogP contribution in [0.1, 0.15) is 0 Å². The molecule has 0 unspecified atom stereocenters. The maximum atomic E-state index is 10.2. The Kier molecular flexibility index (Phi) is 3.63. The second-order valence-electron chi connectivity index (χ2n) is 5.43. The molecule has 0 atom stereocenters. The third kappa shape index (κ3) is 2.70. The van der Waals surface area contributed by atoms with Crippen molar-refractivity contribution in [2.45, 2.75) is 0 Å². The van der Waals surface area contributed by atoms with Gasteiger partial charge in [0.2, 0.25) is 0 Å². The molecule has 0 spiro atoms. The van der Waals surface area contributed by atoms with Gasteiger partial charge in [-0.25, -0.2) is 9.97 Å². The fraction of sp³-hybridized carbons (Fsp3) is 0. The molecule has 0 bridgehead atoms. The zero-order chi connectivity index (χ0) is 17.2. The molecule has 0 fully saturated rings. The second-order valence-corrected chi connectivity index (χ2v) is 5.43. The van der Waals surface area contributed by atoms with Crippen LogP contribution < -0.4 is 0 Å². The highest BCUT2D eigenvalue weighted by Crippen LogP contribution is 2.39. The number of aromatic nitrogens is 4. The van der Waals surface area contributed by atoms with E-state index < -0.39 is 0 Å². The van der Waals surface area contributed by atoms with Crippen molar-refractivity contribution in [2.75, 3.05) is 0 Å². The Morgan fingerprint density at radius 1 is 0.800 bits per heavy atom. The maximum Gasteiger partial charge on any atom is 0.158 e. The van der Waals surface area contributed by atoms with E-state index in [-0.39, 0.29) is 11.5 Å². The summed E-state index contributed by atoms with van der Waals surface area (Å²) < 4.78 is 0. The first-order valence-corrected chi connectivity index (χ1v) is 7.67. The largest absolute Gasteiger partial charge is 0.507 e. The number of nitrogens with zero attached hydrogens (tertiary/aromatic N) is 3. The van der Waals surface area contributed by atoms with E-state index in [0.717, 1.165) is 0 Å². The van der Waals surface area contributed by atoms with Gasteiger partial charge in [-0.15, -0.1) is 0 Å². The molecule has 0 aliphatic carbocycles. The van der Waals surface area contributed by atoms with Gasteiger partial charge in [-0.1, -0.05) is 24.3 Å². The van der Waals surface area contributed by atoms with E-state index in [4.69, 9.17) is 0 Å². The molecule has 2 heterocycles. The number of hydrogen-bond donors (Lipinski definition) is 3. The van der Waals surface area contributed by atoms with Crippen LogP contribution in [0.25, 0.3) is 34.0 Å². The molecule has 6 heteroatoms. The Morgan fingerprint density at radius 3 is 2.12 bits per heavy atom. The SMILES string of the molecule is Oc1ccccc1-c1nc(-c2cnccn2)[nH]c1-c1ccccc1O. The number of phenols is 2. The fourth-order valence-electron chi connectivity index (χ4n) is 2.66. The van der Waals surface area contributed by atoms with Gasteiger partial charge in [0.25, 0.3) is 0 Å². The summed E-state index contributed by atoms with van der Waals surface area (Å²) in [5.74, 6) is 0.731.